The summed E-state index contributed by atoms with van der Waals surface area (Å²) in [5.74, 6) is 0. The van der Waals surface area contributed by atoms with Crippen LogP contribution in [0, 0.1) is 6.92 Å². The van der Waals surface area contributed by atoms with E-state index in [4.69, 9.17) is 0 Å². The van der Waals surface area contributed by atoms with E-state index < -0.39 is 0 Å². The molecule has 0 unspecified atom stereocenters. The first kappa shape index (κ1) is 15.5. The number of fused-ring (bicyclic) bond motifs is 4. The molecule has 1 aliphatic carbocycles. The molecule has 2 aromatic heterocycles. The second-order valence-corrected chi connectivity index (χ2v) is 12.9. The van der Waals surface area contributed by atoms with Crippen LogP contribution in [0.3, 0.4) is 0 Å². The van der Waals surface area contributed by atoms with Crippen molar-refractivity contribution in [2.45, 2.75) is 13.3 Å². The molecule has 0 nitrogen and oxygen atoms in total. The Morgan fingerprint density at radius 2 is 1.50 bits per heavy atom. The number of allylic oxidation sites excluding steroid dienone is 4. The summed E-state index contributed by atoms with van der Waals surface area (Å²) in [4.78, 5) is 0. The van der Waals surface area contributed by atoms with Crippen LogP contribution in [0.5, 0.6) is 0 Å². The Morgan fingerprint density at radius 1 is 0.769 bits per heavy atom. The zero-order valence-corrected chi connectivity index (χ0v) is 18.4. The molecule has 0 fully saturated rings. The molecule has 2 heteroatoms. The van der Waals surface area contributed by atoms with Crippen LogP contribution in [-0.4, -0.2) is 34.9 Å². The molecule has 1 aliphatic rings. The topological polar surface area (TPSA) is 0 Å². The molecule has 0 saturated heterocycles. The molecule has 0 atom stereocenters. The summed E-state index contributed by atoms with van der Waals surface area (Å²) in [5, 5.41) is 8.46. The Hall–Kier alpha value is -1.55. The Bertz CT molecular complexity index is 1320. The second-order valence-electron chi connectivity index (χ2n) is 7.12. The number of hydrogen-bond acceptors (Lipinski definition) is 0. The number of hydrogen-bond donors (Lipinski definition) is 0. The van der Waals surface area contributed by atoms with Gasteiger partial charge in [0.25, 0.3) is 0 Å². The van der Waals surface area contributed by atoms with Crippen LogP contribution in [0.2, 0.25) is 0 Å². The van der Waals surface area contributed by atoms with Crippen molar-refractivity contribution in [3.05, 3.63) is 74.8 Å². The van der Waals surface area contributed by atoms with Crippen LogP contribution >= 0.6 is 0 Å². The molecule has 124 valence electrons. The summed E-state index contributed by atoms with van der Waals surface area (Å²) in [6.45, 7) is 2.26. The molecule has 26 heavy (non-hydrogen) atoms. The van der Waals surface area contributed by atoms with E-state index in [2.05, 4.69) is 73.7 Å². The molecule has 0 saturated carbocycles. The predicted octanol–water partition coefficient (Wildman–Crippen LogP) is 6.07. The van der Waals surface area contributed by atoms with E-state index >= 15 is 0 Å². The van der Waals surface area contributed by atoms with E-state index in [9.17, 15) is 0 Å². The van der Waals surface area contributed by atoms with Crippen molar-refractivity contribution in [2.75, 3.05) is 0 Å². The molecule has 5 aromatic rings. The quantitative estimate of drug-likeness (QED) is 0.190. The normalized spacial score (nSPS) is 14.3. The van der Waals surface area contributed by atoms with E-state index in [1.165, 1.54) is 41.0 Å². The molecule has 0 bridgehead atoms. The van der Waals surface area contributed by atoms with Gasteiger partial charge in [0.2, 0.25) is 0 Å². The van der Waals surface area contributed by atoms with Crippen molar-refractivity contribution in [1.29, 1.82) is 0 Å². The molecule has 0 N–H and O–H groups in total. The SMILES string of the molecule is Cc1cc2cc3cc4cc5[te]c(C6=CC=CC6)cc5cc4cc3cc2[se]1. The fraction of sp³-hybridized carbons (Fsp3) is 0.0833. The second kappa shape index (κ2) is 5.72. The first-order chi connectivity index (χ1) is 12.7. The van der Waals surface area contributed by atoms with Crippen molar-refractivity contribution in [1.82, 2.24) is 0 Å². The Kier molecular flexibility index (Phi) is 3.41. The van der Waals surface area contributed by atoms with Crippen molar-refractivity contribution in [2.24, 2.45) is 0 Å². The van der Waals surface area contributed by atoms with Gasteiger partial charge in [0.1, 0.15) is 0 Å². The summed E-state index contributed by atoms with van der Waals surface area (Å²) in [7, 11) is 0. The molecule has 0 radical (unpaired) electrons. The van der Waals surface area contributed by atoms with Crippen LogP contribution in [0.15, 0.2) is 66.8 Å². The summed E-state index contributed by atoms with van der Waals surface area (Å²) >= 11 is 0.273. The molecule has 0 aliphatic heterocycles. The van der Waals surface area contributed by atoms with Crippen molar-refractivity contribution < 1.29 is 0 Å². The Balaban J connectivity index is 1.61. The van der Waals surface area contributed by atoms with Gasteiger partial charge in [-0.25, -0.2) is 0 Å². The average molecular weight is 511 g/mol. The van der Waals surface area contributed by atoms with Crippen LogP contribution in [0.1, 0.15) is 14.4 Å². The van der Waals surface area contributed by atoms with Gasteiger partial charge < -0.3 is 0 Å². The summed E-state index contributed by atoms with van der Waals surface area (Å²) < 4.78 is 6.30. The fourth-order valence-electron chi connectivity index (χ4n) is 4.00. The number of benzene rings is 3. The van der Waals surface area contributed by atoms with Crippen LogP contribution in [0.4, 0.5) is 0 Å². The summed E-state index contributed by atoms with van der Waals surface area (Å²) in [6.07, 6.45) is 7.89. The van der Waals surface area contributed by atoms with E-state index in [0.29, 0.717) is 14.5 Å². The van der Waals surface area contributed by atoms with E-state index in [1.54, 1.807) is 12.6 Å². The number of rotatable bonds is 1. The first-order valence-corrected chi connectivity index (χ1v) is 12.9. The van der Waals surface area contributed by atoms with Gasteiger partial charge in [0, 0.05) is 0 Å². The fourth-order valence-corrected chi connectivity index (χ4v) is 9.22. The van der Waals surface area contributed by atoms with E-state index in [1.807, 2.05) is 0 Å². The monoisotopic (exact) mass is 514 g/mol. The molecule has 2 heterocycles. The molecule has 0 spiro atoms. The Morgan fingerprint density at radius 3 is 2.31 bits per heavy atom. The first-order valence-electron chi connectivity index (χ1n) is 8.90. The van der Waals surface area contributed by atoms with Crippen molar-refractivity contribution in [3.8, 4) is 0 Å². The van der Waals surface area contributed by atoms with Gasteiger partial charge in [-0.15, -0.1) is 0 Å². The zero-order valence-electron chi connectivity index (χ0n) is 14.4. The maximum atomic E-state index is 2.47. The molecule has 3 aromatic carbocycles. The van der Waals surface area contributed by atoms with Crippen molar-refractivity contribution in [3.63, 3.8) is 0 Å². The van der Waals surface area contributed by atoms with E-state index in [-0.39, 0.29) is 20.4 Å². The third kappa shape index (κ3) is 2.41. The molecule has 6 rings (SSSR count). The summed E-state index contributed by atoms with van der Waals surface area (Å²) in [5.41, 5.74) is 1.54. The van der Waals surface area contributed by atoms with Gasteiger partial charge in [0.05, 0.1) is 0 Å². The van der Waals surface area contributed by atoms with E-state index in [0.717, 1.165) is 6.42 Å². The molecular formula is C24H16SeTe. The van der Waals surface area contributed by atoms with Gasteiger partial charge in [-0.05, 0) is 0 Å². The standard InChI is InChI=1S/C24H16SeTe/c1-14-6-20-9-16-8-19-12-24-21(13-23(26-24)15-4-2-3-5-15)10-17(19)7-18(16)11-22(20)25-14/h2-4,6-13H,5H2,1H3. The molecular weight excluding hydrogens is 495 g/mol. The predicted molar refractivity (Wildman–Crippen MR) is 117 cm³/mol. The average Bonchev–Trinajstić information content (AvgIpc) is 3.33. The van der Waals surface area contributed by atoms with Gasteiger partial charge >= 0.3 is 169 Å². The minimum absolute atomic E-state index is 0.243. The third-order valence-electron chi connectivity index (χ3n) is 5.28. The van der Waals surface area contributed by atoms with Gasteiger partial charge in [-0.2, -0.15) is 0 Å². The molecule has 0 amide bonds. The Labute approximate surface area is 167 Å². The van der Waals surface area contributed by atoms with Crippen LogP contribution in [-0.2, 0) is 0 Å². The van der Waals surface area contributed by atoms with Crippen molar-refractivity contribution >= 4 is 80.5 Å². The third-order valence-corrected chi connectivity index (χ3v) is 10.8. The zero-order chi connectivity index (χ0) is 17.3. The van der Waals surface area contributed by atoms with Gasteiger partial charge in [0.15, 0.2) is 0 Å². The summed E-state index contributed by atoms with van der Waals surface area (Å²) in [6, 6.07) is 19.3. The van der Waals surface area contributed by atoms with Gasteiger partial charge in [-0.1, -0.05) is 0 Å². The van der Waals surface area contributed by atoms with Crippen LogP contribution in [0.25, 0.3) is 45.6 Å². The minimum atomic E-state index is -0.243. The van der Waals surface area contributed by atoms with Crippen LogP contribution < -0.4 is 0 Å². The number of aryl methyl sites for hydroxylation is 1. The van der Waals surface area contributed by atoms with Gasteiger partial charge in [-0.3, -0.25) is 0 Å². The maximum absolute atomic E-state index is 2.47.